The Labute approximate surface area is 168 Å². The average molecular weight is 385 g/mol. The first-order chi connectivity index (χ1) is 13.7. The van der Waals surface area contributed by atoms with Crippen molar-refractivity contribution in [3.8, 4) is 11.4 Å². The van der Waals surface area contributed by atoms with Gasteiger partial charge in [0.25, 0.3) is 5.89 Å². The maximum Gasteiger partial charge on any atom is 0.341 e. The number of nitrogens with two attached hydrogens (primary N) is 2. The van der Waals surface area contributed by atoms with Crippen LogP contribution in [-0.2, 0) is 6.42 Å². The van der Waals surface area contributed by atoms with Gasteiger partial charge in [0.2, 0.25) is 5.82 Å². The summed E-state index contributed by atoms with van der Waals surface area (Å²) in [4.78, 5) is 4.54. The minimum Gasteiger partial charge on any atom is -0.335 e. The standard InChI is InChI=1S/C22H33N5O/c1-2-3-4-5-6-7-8-9-10-17-11-13-18(14-12-17)20-25-21(28-26-20)19-15-16-27(19)22(23)24/h11-14,19H,2-10,15-16H2,1H3,(H3,23,24)/p+1/t19-/m0/s1. The van der Waals surface area contributed by atoms with Gasteiger partial charge < -0.3 is 4.52 Å². The minimum absolute atomic E-state index is 0.00694. The summed E-state index contributed by atoms with van der Waals surface area (Å²) in [7, 11) is 0. The molecule has 1 aromatic heterocycles. The van der Waals surface area contributed by atoms with E-state index in [-0.39, 0.29) is 6.04 Å². The Morgan fingerprint density at radius 2 is 1.71 bits per heavy atom. The summed E-state index contributed by atoms with van der Waals surface area (Å²) in [6, 6.07) is 8.52. The number of hydrogen-bond donors (Lipinski definition) is 2. The topological polar surface area (TPSA) is 94.0 Å². The summed E-state index contributed by atoms with van der Waals surface area (Å²) in [5.41, 5.74) is 13.7. The van der Waals surface area contributed by atoms with E-state index in [4.69, 9.17) is 16.0 Å². The Kier molecular flexibility index (Phi) is 7.46. The molecule has 1 fully saturated rings. The third kappa shape index (κ3) is 5.33. The Hall–Kier alpha value is -2.37. The van der Waals surface area contributed by atoms with Crippen LogP contribution in [0, 0.1) is 0 Å². The molecule has 1 aliphatic rings. The number of aryl methyl sites for hydroxylation is 1. The Morgan fingerprint density at radius 1 is 1.04 bits per heavy atom. The van der Waals surface area contributed by atoms with E-state index in [1.165, 1.54) is 56.9 Å². The van der Waals surface area contributed by atoms with E-state index in [0.717, 1.165) is 24.9 Å². The van der Waals surface area contributed by atoms with Crippen LogP contribution in [0.2, 0.25) is 0 Å². The van der Waals surface area contributed by atoms with E-state index in [0.29, 0.717) is 17.7 Å². The van der Waals surface area contributed by atoms with Gasteiger partial charge in [-0.25, -0.2) is 0 Å². The Bertz CT molecular complexity index is 761. The zero-order valence-corrected chi connectivity index (χ0v) is 17.1. The number of aromatic nitrogens is 2. The summed E-state index contributed by atoms with van der Waals surface area (Å²) in [6.07, 6.45) is 12.9. The lowest BCUT2D eigenvalue weighted by Crippen LogP contribution is -2.45. The lowest BCUT2D eigenvalue weighted by molar-refractivity contribution is -0.637. The van der Waals surface area contributed by atoms with Crippen LogP contribution in [0.1, 0.15) is 82.2 Å². The number of guanidine groups is 1. The molecule has 3 rings (SSSR count). The van der Waals surface area contributed by atoms with Crippen LogP contribution in [0.5, 0.6) is 0 Å². The largest absolute Gasteiger partial charge is 0.341 e. The van der Waals surface area contributed by atoms with Gasteiger partial charge in [0.1, 0.15) is 0 Å². The Morgan fingerprint density at radius 3 is 2.32 bits per heavy atom. The third-order valence-corrected chi connectivity index (χ3v) is 5.61. The van der Waals surface area contributed by atoms with Crippen molar-refractivity contribution in [2.75, 3.05) is 6.54 Å². The minimum atomic E-state index is 0.00694. The molecule has 0 bridgehead atoms. The molecule has 0 radical (unpaired) electrons. The molecule has 28 heavy (non-hydrogen) atoms. The summed E-state index contributed by atoms with van der Waals surface area (Å²) >= 11 is 0. The highest BCUT2D eigenvalue weighted by molar-refractivity contribution is 5.70. The summed E-state index contributed by atoms with van der Waals surface area (Å²) < 4.78 is 7.31. The molecule has 2 heterocycles. The second-order valence-corrected chi connectivity index (χ2v) is 7.80. The lowest BCUT2D eigenvalue weighted by atomic mass is 10.0. The van der Waals surface area contributed by atoms with E-state index in [2.05, 4.69) is 41.3 Å². The van der Waals surface area contributed by atoms with Gasteiger partial charge in [-0.2, -0.15) is 4.98 Å². The van der Waals surface area contributed by atoms with Gasteiger partial charge in [-0.05, 0) is 18.4 Å². The van der Waals surface area contributed by atoms with Crippen molar-refractivity contribution < 1.29 is 9.10 Å². The number of hydrogen-bond acceptors (Lipinski definition) is 3. The van der Waals surface area contributed by atoms with Crippen molar-refractivity contribution in [1.82, 2.24) is 10.1 Å². The van der Waals surface area contributed by atoms with Crippen molar-refractivity contribution in [3.05, 3.63) is 35.7 Å². The lowest BCUT2D eigenvalue weighted by Gasteiger charge is -2.26. The number of nitrogens with zero attached hydrogens (tertiary/aromatic N) is 3. The van der Waals surface area contributed by atoms with E-state index in [1.807, 2.05) is 4.58 Å². The maximum absolute atomic E-state index is 5.68. The van der Waals surface area contributed by atoms with Gasteiger partial charge in [-0.15, -0.1) is 0 Å². The first kappa shape index (κ1) is 20.4. The molecule has 1 aliphatic heterocycles. The fourth-order valence-electron chi connectivity index (χ4n) is 3.72. The van der Waals surface area contributed by atoms with Crippen molar-refractivity contribution in [2.24, 2.45) is 11.5 Å². The number of rotatable bonds is 11. The molecule has 0 amide bonds. The fourth-order valence-corrected chi connectivity index (χ4v) is 3.72. The van der Waals surface area contributed by atoms with E-state index in [9.17, 15) is 0 Å². The third-order valence-electron chi connectivity index (χ3n) is 5.61. The molecule has 2 aromatic rings. The first-order valence-corrected chi connectivity index (χ1v) is 10.8. The molecular weight excluding hydrogens is 350 g/mol. The summed E-state index contributed by atoms with van der Waals surface area (Å²) in [5.74, 6) is 1.51. The Balaban J connectivity index is 1.44. The smallest absolute Gasteiger partial charge is 0.335 e. The van der Waals surface area contributed by atoms with Gasteiger partial charge in [-0.1, -0.05) is 81.3 Å². The number of benzene rings is 1. The van der Waals surface area contributed by atoms with Crippen LogP contribution in [0.15, 0.2) is 28.8 Å². The number of unbranched alkanes of at least 4 members (excludes halogenated alkanes) is 7. The van der Waals surface area contributed by atoms with Gasteiger partial charge in [-0.3, -0.25) is 16.0 Å². The van der Waals surface area contributed by atoms with Crippen molar-refractivity contribution in [3.63, 3.8) is 0 Å². The molecule has 6 heteroatoms. The van der Waals surface area contributed by atoms with Crippen LogP contribution in [0.4, 0.5) is 0 Å². The first-order valence-electron chi connectivity index (χ1n) is 10.8. The quantitative estimate of drug-likeness (QED) is 0.345. The SMILES string of the molecule is CCCCCCCCCCc1ccc(-c2noc([C@@H]3CC[N+]3=C(N)N)n2)cc1. The molecule has 152 valence electrons. The summed E-state index contributed by atoms with van der Waals surface area (Å²) in [6.45, 7) is 3.10. The van der Waals surface area contributed by atoms with Crippen LogP contribution in [0.3, 0.4) is 0 Å². The van der Waals surface area contributed by atoms with Crippen molar-refractivity contribution in [1.29, 1.82) is 0 Å². The molecule has 1 saturated heterocycles. The normalized spacial score (nSPS) is 16.2. The second kappa shape index (κ2) is 10.2. The highest BCUT2D eigenvalue weighted by Gasteiger charge is 2.35. The van der Waals surface area contributed by atoms with Crippen LogP contribution in [-0.4, -0.2) is 27.2 Å². The monoisotopic (exact) mass is 384 g/mol. The predicted molar refractivity (Wildman–Crippen MR) is 112 cm³/mol. The molecule has 0 aliphatic carbocycles. The molecule has 0 saturated carbocycles. The highest BCUT2D eigenvalue weighted by atomic mass is 16.5. The van der Waals surface area contributed by atoms with E-state index < -0.39 is 0 Å². The van der Waals surface area contributed by atoms with Crippen molar-refractivity contribution in [2.45, 2.75) is 77.2 Å². The molecular formula is C22H34N5O+. The molecule has 1 aromatic carbocycles. The molecule has 0 spiro atoms. The maximum atomic E-state index is 5.68. The molecule has 1 atom stereocenters. The zero-order chi connectivity index (χ0) is 19.8. The fraction of sp³-hybridized carbons (Fsp3) is 0.591. The van der Waals surface area contributed by atoms with Gasteiger partial charge in [0.15, 0.2) is 6.04 Å². The predicted octanol–water partition coefficient (Wildman–Crippen LogP) is 4.15. The molecule has 0 unspecified atom stereocenters. The second-order valence-electron chi connectivity index (χ2n) is 7.80. The van der Waals surface area contributed by atoms with E-state index in [1.54, 1.807) is 0 Å². The van der Waals surface area contributed by atoms with Gasteiger partial charge in [0.05, 0.1) is 6.54 Å². The highest BCUT2D eigenvalue weighted by Crippen LogP contribution is 2.29. The van der Waals surface area contributed by atoms with Crippen LogP contribution < -0.4 is 11.5 Å². The average Bonchev–Trinajstić information content (AvgIpc) is 3.12. The molecule has 6 nitrogen and oxygen atoms in total. The van der Waals surface area contributed by atoms with Crippen LogP contribution >= 0.6 is 0 Å². The van der Waals surface area contributed by atoms with E-state index >= 15 is 0 Å². The van der Waals surface area contributed by atoms with Crippen LogP contribution in [0.25, 0.3) is 11.4 Å². The van der Waals surface area contributed by atoms with Gasteiger partial charge >= 0.3 is 5.96 Å². The molecule has 4 N–H and O–H groups in total. The van der Waals surface area contributed by atoms with Gasteiger partial charge in [0, 0.05) is 12.0 Å². The summed E-state index contributed by atoms with van der Waals surface area (Å²) in [5, 5.41) is 4.13. The zero-order valence-electron chi connectivity index (χ0n) is 17.1. The van der Waals surface area contributed by atoms with Crippen molar-refractivity contribution >= 4 is 5.96 Å².